The van der Waals surface area contributed by atoms with Crippen molar-refractivity contribution in [3.8, 4) is 11.4 Å². The number of thioether (sulfide) groups is 1. The molecule has 0 spiro atoms. The SMILES string of the molecule is C=C/C=C\C(=C/C)N1C(=O)/C(=C/c2cc(C)n(-c3ccc(OCc4ccccc4Cl)cc3)c2C)C(=O)N=C1SCC(=O)NC(c1ccccc1)c1ccccc1. The molecule has 10 heteroatoms. The van der Waals surface area contributed by atoms with E-state index in [1.807, 2.05) is 134 Å². The van der Waals surface area contributed by atoms with Crippen LogP contribution in [0, 0.1) is 13.8 Å². The maximum absolute atomic E-state index is 14.3. The van der Waals surface area contributed by atoms with Gasteiger partial charge in [0.15, 0.2) is 5.17 Å². The van der Waals surface area contributed by atoms with E-state index in [1.54, 1.807) is 37.3 Å². The lowest BCUT2D eigenvalue weighted by Gasteiger charge is -2.28. The Kier molecular flexibility index (Phi) is 13.0. The first-order valence-corrected chi connectivity index (χ1v) is 19.4. The predicted octanol–water partition coefficient (Wildman–Crippen LogP) is 9.72. The van der Waals surface area contributed by atoms with E-state index in [0.717, 1.165) is 45.5 Å². The van der Waals surface area contributed by atoms with Crippen LogP contribution in [0.5, 0.6) is 5.75 Å². The summed E-state index contributed by atoms with van der Waals surface area (Å²) in [6, 6.07) is 36.2. The highest BCUT2D eigenvalue weighted by atomic mass is 35.5. The second-order valence-electron chi connectivity index (χ2n) is 12.9. The molecular formula is C46H41ClN4O4S. The van der Waals surface area contributed by atoms with Gasteiger partial charge in [-0.3, -0.25) is 19.3 Å². The molecule has 2 heterocycles. The lowest BCUT2D eigenvalue weighted by molar-refractivity contribution is -0.126. The normalized spacial score (nSPS) is 14.1. The molecule has 4 aromatic carbocycles. The molecule has 0 radical (unpaired) electrons. The van der Waals surface area contributed by atoms with Crippen molar-refractivity contribution < 1.29 is 19.1 Å². The average molecular weight is 781 g/mol. The molecule has 1 aliphatic heterocycles. The van der Waals surface area contributed by atoms with Gasteiger partial charge in [-0.05, 0) is 86.0 Å². The molecule has 1 aromatic heterocycles. The van der Waals surface area contributed by atoms with Crippen molar-refractivity contribution in [1.29, 1.82) is 0 Å². The number of hydrogen-bond donors (Lipinski definition) is 1. The second kappa shape index (κ2) is 18.4. The Morgan fingerprint density at radius 2 is 1.57 bits per heavy atom. The fourth-order valence-electron chi connectivity index (χ4n) is 6.35. The Balaban J connectivity index is 1.24. The molecule has 0 atom stereocenters. The van der Waals surface area contributed by atoms with E-state index in [9.17, 15) is 14.4 Å². The topological polar surface area (TPSA) is 93.0 Å². The molecule has 8 nitrogen and oxygen atoms in total. The number of benzene rings is 4. The van der Waals surface area contributed by atoms with E-state index in [4.69, 9.17) is 16.3 Å². The summed E-state index contributed by atoms with van der Waals surface area (Å²) in [6.45, 7) is 9.78. The lowest BCUT2D eigenvalue weighted by Crippen LogP contribution is -2.42. The molecule has 1 aliphatic rings. The average Bonchev–Trinajstić information content (AvgIpc) is 3.50. The molecule has 0 unspecified atom stereocenters. The zero-order valence-corrected chi connectivity index (χ0v) is 32.9. The van der Waals surface area contributed by atoms with Gasteiger partial charge in [0, 0.05) is 33.4 Å². The van der Waals surface area contributed by atoms with Gasteiger partial charge < -0.3 is 14.6 Å². The van der Waals surface area contributed by atoms with Crippen LogP contribution in [0.25, 0.3) is 11.8 Å². The molecule has 0 aliphatic carbocycles. The molecule has 5 aromatic rings. The van der Waals surface area contributed by atoms with Crippen LogP contribution in [0.15, 0.2) is 162 Å². The van der Waals surface area contributed by atoms with Crippen LogP contribution < -0.4 is 10.1 Å². The molecule has 0 saturated heterocycles. The minimum Gasteiger partial charge on any atom is -0.489 e. The molecule has 0 bridgehead atoms. The fourth-order valence-corrected chi connectivity index (χ4v) is 7.35. The van der Waals surface area contributed by atoms with Gasteiger partial charge in [0.05, 0.1) is 11.8 Å². The number of amidine groups is 1. The first kappa shape index (κ1) is 39.5. The van der Waals surface area contributed by atoms with Crippen LogP contribution in [0.4, 0.5) is 0 Å². The molecule has 56 heavy (non-hydrogen) atoms. The number of aryl methyl sites for hydroxylation is 1. The second-order valence-corrected chi connectivity index (χ2v) is 14.2. The third-order valence-electron chi connectivity index (χ3n) is 9.13. The van der Waals surface area contributed by atoms with Crippen molar-refractivity contribution in [3.05, 3.63) is 196 Å². The lowest BCUT2D eigenvalue weighted by atomic mass is 9.99. The summed E-state index contributed by atoms with van der Waals surface area (Å²) in [5.41, 5.74) is 6.45. The summed E-state index contributed by atoms with van der Waals surface area (Å²) in [4.78, 5) is 47.2. The number of carbonyl (C=O) groups is 3. The van der Waals surface area contributed by atoms with Gasteiger partial charge in [-0.25, -0.2) is 0 Å². The van der Waals surface area contributed by atoms with E-state index < -0.39 is 11.8 Å². The molecule has 0 fully saturated rings. The number of aromatic nitrogens is 1. The predicted molar refractivity (Wildman–Crippen MR) is 227 cm³/mol. The molecule has 6 rings (SSSR count). The quantitative estimate of drug-likeness (QED) is 0.0730. The van der Waals surface area contributed by atoms with Crippen LogP contribution >= 0.6 is 23.4 Å². The summed E-state index contributed by atoms with van der Waals surface area (Å²) in [5, 5.41) is 3.87. The van der Waals surface area contributed by atoms with Crippen LogP contribution in [-0.2, 0) is 21.0 Å². The largest absolute Gasteiger partial charge is 0.489 e. The Bertz CT molecular complexity index is 2320. The van der Waals surface area contributed by atoms with E-state index in [2.05, 4.69) is 16.9 Å². The van der Waals surface area contributed by atoms with Gasteiger partial charge in [0.1, 0.15) is 17.9 Å². The highest BCUT2D eigenvalue weighted by Crippen LogP contribution is 2.30. The Hall–Kier alpha value is -6.16. The van der Waals surface area contributed by atoms with Crippen molar-refractivity contribution in [2.75, 3.05) is 5.75 Å². The van der Waals surface area contributed by atoms with E-state index in [-0.39, 0.29) is 28.4 Å². The summed E-state index contributed by atoms with van der Waals surface area (Å²) >= 11 is 7.31. The number of carbonyl (C=O) groups excluding carboxylic acids is 3. The van der Waals surface area contributed by atoms with Gasteiger partial charge in [-0.15, -0.1) is 0 Å². The number of rotatable bonds is 13. The van der Waals surface area contributed by atoms with Crippen LogP contribution in [0.3, 0.4) is 0 Å². The molecule has 0 saturated carbocycles. The third-order valence-corrected chi connectivity index (χ3v) is 10.4. The third kappa shape index (κ3) is 9.20. The number of ether oxygens (including phenoxy) is 1. The van der Waals surface area contributed by atoms with Crippen molar-refractivity contribution in [2.24, 2.45) is 4.99 Å². The van der Waals surface area contributed by atoms with Gasteiger partial charge >= 0.3 is 0 Å². The number of allylic oxidation sites excluding steroid dienone is 4. The number of amides is 3. The number of hydrogen-bond acceptors (Lipinski definition) is 5. The number of nitrogens with one attached hydrogen (secondary N) is 1. The fraction of sp³-hybridized carbons (Fsp3) is 0.130. The van der Waals surface area contributed by atoms with Crippen molar-refractivity contribution in [2.45, 2.75) is 33.4 Å². The Labute approximate surface area is 336 Å². The van der Waals surface area contributed by atoms with Crippen LogP contribution in [-0.4, -0.2) is 38.1 Å². The first-order chi connectivity index (χ1) is 27.2. The van der Waals surface area contributed by atoms with Crippen molar-refractivity contribution >= 4 is 52.3 Å². The van der Waals surface area contributed by atoms with Crippen molar-refractivity contribution in [1.82, 2.24) is 14.8 Å². The van der Waals surface area contributed by atoms with Gasteiger partial charge in [0.2, 0.25) is 5.91 Å². The first-order valence-electron chi connectivity index (χ1n) is 18.0. The van der Waals surface area contributed by atoms with Crippen molar-refractivity contribution in [3.63, 3.8) is 0 Å². The van der Waals surface area contributed by atoms with Crippen LogP contribution in [0.2, 0.25) is 5.02 Å². The summed E-state index contributed by atoms with van der Waals surface area (Å²) < 4.78 is 8.02. The monoisotopic (exact) mass is 780 g/mol. The standard InChI is InChI=1S/C46H41ClN4O4S/c1-5-7-21-37(6-2)51-45(54)40(44(53)49-46(51)56-30-42(52)48-43(33-16-10-8-11-17-33)34-18-12-9-13-19-34)28-36-27-31(3)50(32(36)4)38-23-25-39(26-24-38)55-29-35-20-14-15-22-41(35)47/h5-28,43H,1,29-30H2,2-4H3,(H,48,52)/b21-7-,37-6+,40-28+. The summed E-state index contributed by atoms with van der Waals surface area (Å²) in [5.74, 6) is -0.913. The van der Waals surface area contributed by atoms with E-state index >= 15 is 0 Å². The maximum Gasteiger partial charge on any atom is 0.285 e. The zero-order chi connectivity index (χ0) is 39.6. The maximum atomic E-state index is 14.3. The highest BCUT2D eigenvalue weighted by molar-refractivity contribution is 8.14. The Morgan fingerprint density at radius 1 is 0.929 bits per heavy atom. The smallest absolute Gasteiger partial charge is 0.285 e. The summed E-state index contributed by atoms with van der Waals surface area (Å²) in [7, 11) is 0. The van der Waals surface area contributed by atoms with Gasteiger partial charge in [-0.1, -0.05) is 127 Å². The zero-order valence-electron chi connectivity index (χ0n) is 31.3. The molecule has 282 valence electrons. The number of halogens is 1. The highest BCUT2D eigenvalue weighted by Gasteiger charge is 2.35. The number of nitrogens with zero attached hydrogens (tertiary/aromatic N) is 3. The minimum absolute atomic E-state index is 0.0851. The molecular weight excluding hydrogens is 740 g/mol. The Morgan fingerprint density at radius 3 is 2.20 bits per heavy atom. The minimum atomic E-state index is -0.686. The van der Waals surface area contributed by atoms with E-state index in [1.165, 1.54) is 4.90 Å². The van der Waals surface area contributed by atoms with E-state index in [0.29, 0.717) is 28.6 Å². The molecule has 1 N–H and O–H groups in total. The summed E-state index contributed by atoms with van der Waals surface area (Å²) in [6.07, 6.45) is 8.34. The van der Waals surface area contributed by atoms with Gasteiger partial charge in [-0.2, -0.15) is 4.99 Å². The van der Waals surface area contributed by atoms with Gasteiger partial charge in [0.25, 0.3) is 11.8 Å². The number of aliphatic imine (C=N–C) groups is 1. The van der Waals surface area contributed by atoms with Crippen LogP contribution in [0.1, 0.15) is 46.6 Å². The molecule has 3 amide bonds.